The molecule has 68 valence electrons. The first kappa shape index (κ1) is 9.14. The van der Waals surface area contributed by atoms with Gasteiger partial charge in [0.05, 0.1) is 14.7 Å². The van der Waals surface area contributed by atoms with Crippen molar-refractivity contribution in [2.45, 2.75) is 6.92 Å². The van der Waals surface area contributed by atoms with E-state index in [4.69, 9.17) is 11.6 Å². The zero-order valence-electron chi connectivity index (χ0n) is 6.53. The summed E-state index contributed by atoms with van der Waals surface area (Å²) in [6.07, 6.45) is 0. The standard InChI is InChI=1S/C7H4ClFIN3/c1-2-4(9)5(10)3-6(8)12-13-7(3)11-2/h1H3,(H,11,12,13). The summed E-state index contributed by atoms with van der Waals surface area (Å²) in [5.41, 5.74) is 0.866. The van der Waals surface area contributed by atoms with Crippen molar-refractivity contribution in [3.05, 3.63) is 20.2 Å². The molecule has 0 fully saturated rings. The Kier molecular flexibility index (Phi) is 2.15. The van der Waals surface area contributed by atoms with Gasteiger partial charge in [0.15, 0.2) is 16.6 Å². The molecule has 0 spiro atoms. The van der Waals surface area contributed by atoms with Crippen molar-refractivity contribution in [3.63, 3.8) is 0 Å². The molecule has 13 heavy (non-hydrogen) atoms. The first-order valence-electron chi connectivity index (χ1n) is 3.46. The van der Waals surface area contributed by atoms with Gasteiger partial charge in [-0.05, 0) is 29.5 Å². The molecule has 0 amide bonds. The van der Waals surface area contributed by atoms with E-state index in [0.717, 1.165) is 0 Å². The van der Waals surface area contributed by atoms with Gasteiger partial charge in [-0.2, -0.15) is 5.10 Å². The number of H-pyrrole nitrogens is 1. The maximum atomic E-state index is 13.3. The summed E-state index contributed by atoms with van der Waals surface area (Å²) in [6, 6.07) is 0. The Hall–Kier alpha value is -0.430. The van der Waals surface area contributed by atoms with E-state index in [-0.39, 0.29) is 11.0 Å². The molecule has 0 aliphatic heterocycles. The third kappa shape index (κ3) is 1.30. The highest BCUT2D eigenvalue weighted by atomic mass is 127. The van der Waals surface area contributed by atoms with Crippen molar-refractivity contribution in [1.29, 1.82) is 0 Å². The van der Waals surface area contributed by atoms with Crippen LogP contribution < -0.4 is 0 Å². The molecule has 0 aromatic carbocycles. The topological polar surface area (TPSA) is 41.6 Å². The summed E-state index contributed by atoms with van der Waals surface area (Å²) in [5.74, 6) is -0.337. The third-order valence-corrected chi connectivity index (χ3v) is 3.00. The summed E-state index contributed by atoms with van der Waals surface area (Å²) >= 11 is 7.64. The van der Waals surface area contributed by atoms with Crippen molar-refractivity contribution < 1.29 is 4.39 Å². The number of nitrogens with one attached hydrogen (secondary N) is 1. The first-order valence-corrected chi connectivity index (χ1v) is 4.92. The Labute approximate surface area is 91.8 Å². The van der Waals surface area contributed by atoms with E-state index in [9.17, 15) is 4.39 Å². The third-order valence-electron chi connectivity index (χ3n) is 1.71. The zero-order chi connectivity index (χ0) is 9.59. The molecule has 0 atom stereocenters. The Balaban J connectivity index is 2.97. The highest BCUT2D eigenvalue weighted by Crippen LogP contribution is 2.27. The van der Waals surface area contributed by atoms with Gasteiger partial charge in [0, 0.05) is 0 Å². The monoisotopic (exact) mass is 311 g/mol. The smallest absolute Gasteiger partial charge is 0.161 e. The van der Waals surface area contributed by atoms with Gasteiger partial charge in [-0.25, -0.2) is 9.37 Å². The highest BCUT2D eigenvalue weighted by Gasteiger charge is 2.14. The number of hydrogen-bond acceptors (Lipinski definition) is 2. The Morgan fingerprint density at radius 1 is 1.54 bits per heavy atom. The van der Waals surface area contributed by atoms with Crippen LogP contribution in [-0.4, -0.2) is 15.2 Å². The number of nitrogens with zero attached hydrogens (tertiary/aromatic N) is 2. The molecule has 0 aliphatic rings. The van der Waals surface area contributed by atoms with Gasteiger partial charge in [0.1, 0.15) is 0 Å². The van der Waals surface area contributed by atoms with Crippen LogP contribution in [0.2, 0.25) is 5.15 Å². The fourth-order valence-electron chi connectivity index (χ4n) is 1.07. The molecule has 0 radical (unpaired) electrons. The van der Waals surface area contributed by atoms with Crippen molar-refractivity contribution in [2.75, 3.05) is 0 Å². The molecular formula is C7H4ClFIN3. The van der Waals surface area contributed by atoms with Crippen molar-refractivity contribution >= 4 is 45.2 Å². The summed E-state index contributed by atoms with van der Waals surface area (Å²) in [7, 11) is 0. The Bertz CT molecular complexity index is 482. The molecule has 0 saturated carbocycles. The van der Waals surface area contributed by atoms with E-state index in [2.05, 4.69) is 15.2 Å². The Morgan fingerprint density at radius 3 is 2.92 bits per heavy atom. The minimum atomic E-state index is -0.337. The van der Waals surface area contributed by atoms with E-state index in [1.807, 2.05) is 22.6 Å². The van der Waals surface area contributed by atoms with Crippen LogP contribution >= 0.6 is 34.2 Å². The molecule has 2 rings (SSSR count). The number of fused-ring (bicyclic) bond motifs is 1. The number of aromatic nitrogens is 3. The highest BCUT2D eigenvalue weighted by molar-refractivity contribution is 14.1. The predicted molar refractivity (Wildman–Crippen MR) is 56.3 cm³/mol. The van der Waals surface area contributed by atoms with Crippen molar-refractivity contribution in [2.24, 2.45) is 0 Å². The molecule has 3 nitrogen and oxygen atoms in total. The lowest BCUT2D eigenvalue weighted by atomic mass is 10.3. The average molecular weight is 311 g/mol. The predicted octanol–water partition coefficient (Wildman–Crippen LogP) is 2.66. The number of pyridine rings is 1. The second kappa shape index (κ2) is 3.06. The molecular weight excluding hydrogens is 307 g/mol. The molecule has 0 bridgehead atoms. The van der Waals surface area contributed by atoms with Crippen LogP contribution in [0.1, 0.15) is 5.69 Å². The quantitative estimate of drug-likeness (QED) is 0.760. The number of hydrogen-bond donors (Lipinski definition) is 1. The van der Waals surface area contributed by atoms with Gasteiger partial charge in [-0.3, -0.25) is 5.10 Å². The lowest BCUT2D eigenvalue weighted by Gasteiger charge is -1.99. The van der Waals surface area contributed by atoms with Crippen LogP contribution in [0.4, 0.5) is 4.39 Å². The van der Waals surface area contributed by atoms with Gasteiger partial charge in [0.25, 0.3) is 0 Å². The number of rotatable bonds is 0. The summed E-state index contributed by atoms with van der Waals surface area (Å²) in [4.78, 5) is 3.97. The van der Waals surface area contributed by atoms with Gasteiger partial charge < -0.3 is 0 Å². The molecule has 0 unspecified atom stereocenters. The van der Waals surface area contributed by atoms with Crippen molar-refractivity contribution in [3.8, 4) is 0 Å². The van der Waals surface area contributed by atoms with Crippen molar-refractivity contribution in [1.82, 2.24) is 15.2 Å². The summed E-state index contributed by atoms with van der Waals surface area (Å²) in [6.45, 7) is 1.60. The normalized spacial score (nSPS) is 11.1. The van der Waals surface area contributed by atoms with E-state index < -0.39 is 0 Å². The van der Waals surface area contributed by atoms with Crippen LogP contribution in [0, 0.1) is 16.3 Å². The molecule has 1 N–H and O–H groups in total. The summed E-state index contributed by atoms with van der Waals surface area (Å²) < 4.78 is 13.8. The number of aromatic amines is 1. The van der Waals surface area contributed by atoms with Crippen LogP contribution in [-0.2, 0) is 0 Å². The maximum Gasteiger partial charge on any atom is 0.161 e. The van der Waals surface area contributed by atoms with Gasteiger partial charge in [-0.15, -0.1) is 0 Å². The molecule has 6 heteroatoms. The molecule has 0 aliphatic carbocycles. The maximum absolute atomic E-state index is 13.3. The van der Waals surface area contributed by atoms with Gasteiger partial charge >= 0.3 is 0 Å². The van der Waals surface area contributed by atoms with Gasteiger partial charge in [0.2, 0.25) is 0 Å². The molecule has 0 saturated heterocycles. The second-order valence-electron chi connectivity index (χ2n) is 2.56. The largest absolute Gasteiger partial charge is 0.259 e. The Morgan fingerprint density at radius 2 is 2.23 bits per heavy atom. The van der Waals surface area contributed by atoms with Crippen LogP contribution in [0.5, 0.6) is 0 Å². The first-order chi connectivity index (χ1) is 6.11. The van der Waals surface area contributed by atoms with E-state index in [0.29, 0.717) is 20.3 Å². The minimum Gasteiger partial charge on any atom is -0.259 e. The van der Waals surface area contributed by atoms with E-state index in [1.165, 1.54) is 0 Å². The van der Waals surface area contributed by atoms with Gasteiger partial charge in [-0.1, -0.05) is 11.6 Å². The lowest BCUT2D eigenvalue weighted by Crippen LogP contribution is -1.93. The molecule has 2 aromatic heterocycles. The number of aryl methyl sites for hydroxylation is 1. The second-order valence-corrected chi connectivity index (χ2v) is 4.00. The van der Waals surface area contributed by atoms with Crippen LogP contribution in [0.15, 0.2) is 0 Å². The molecule has 2 heterocycles. The zero-order valence-corrected chi connectivity index (χ0v) is 9.44. The molecule has 2 aromatic rings. The summed E-state index contributed by atoms with van der Waals surface area (Å²) in [5, 5.41) is 7.18. The van der Waals surface area contributed by atoms with E-state index in [1.54, 1.807) is 6.92 Å². The fraction of sp³-hybridized carbons (Fsp3) is 0.143. The van der Waals surface area contributed by atoms with Crippen LogP contribution in [0.3, 0.4) is 0 Å². The number of halogens is 3. The average Bonchev–Trinajstić information content (AvgIpc) is 2.43. The lowest BCUT2D eigenvalue weighted by molar-refractivity contribution is 0.605. The van der Waals surface area contributed by atoms with E-state index >= 15 is 0 Å². The fourth-order valence-corrected chi connectivity index (χ4v) is 2.36. The SMILES string of the molecule is Cc1nc2[nH]nc(Cl)c2c(I)c1F. The van der Waals surface area contributed by atoms with Crippen LogP contribution in [0.25, 0.3) is 11.0 Å². The minimum absolute atomic E-state index is 0.255.